The van der Waals surface area contributed by atoms with Crippen LogP contribution >= 0.6 is 0 Å². The largest absolute Gasteiger partial charge is 0.372 e. The van der Waals surface area contributed by atoms with E-state index in [0.29, 0.717) is 6.10 Å². The van der Waals surface area contributed by atoms with Gasteiger partial charge in [0, 0.05) is 0 Å². The van der Waals surface area contributed by atoms with Gasteiger partial charge in [0.2, 0.25) is 0 Å². The van der Waals surface area contributed by atoms with Crippen molar-refractivity contribution in [1.82, 2.24) is 0 Å². The molecule has 1 saturated heterocycles. The lowest BCUT2D eigenvalue weighted by Gasteiger charge is -2.35. The van der Waals surface area contributed by atoms with E-state index in [-0.39, 0.29) is 5.60 Å². The van der Waals surface area contributed by atoms with Gasteiger partial charge in [-0.15, -0.1) is 0 Å². The fourth-order valence-electron chi connectivity index (χ4n) is 1.71. The van der Waals surface area contributed by atoms with E-state index < -0.39 is 0 Å². The van der Waals surface area contributed by atoms with Crippen LogP contribution in [0.3, 0.4) is 0 Å². The summed E-state index contributed by atoms with van der Waals surface area (Å²) in [6.07, 6.45) is 2.40. The third-order valence-corrected chi connectivity index (χ3v) is 1.77. The number of hydrogen-bond acceptors (Lipinski definition) is 1. The SMILES string of the molecule is C=C1CC(C)OC(C)(C)C1. The minimum atomic E-state index is 0.0226. The average molecular weight is 140 g/mol. The van der Waals surface area contributed by atoms with Crippen molar-refractivity contribution in [2.75, 3.05) is 0 Å². The molecule has 0 aromatic rings. The summed E-state index contributed by atoms with van der Waals surface area (Å²) in [4.78, 5) is 0. The minimum absolute atomic E-state index is 0.0226. The molecule has 0 aromatic carbocycles. The zero-order valence-electron chi connectivity index (χ0n) is 7.11. The van der Waals surface area contributed by atoms with Crippen LogP contribution in [-0.2, 0) is 4.74 Å². The molecular formula is C9H16O. The molecule has 1 nitrogen and oxygen atoms in total. The van der Waals surface area contributed by atoms with E-state index in [9.17, 15) is 0 Å². The van der Waals surface area contributed by atoms with Gasteiger partial charge in [-0.05, 0) is 33.6 Å². The maximum Gasteiger partial charge on any atom is 0.0667 e. The van der Waals surface area contributed by atoms with E-state index in [0.717, 1.165) is 12.8 Å². The maximum absolute atomic E-state index is 5.68. The molecule has 0 saturated carbocycles. The Hall–Kier alpha value is -0.300. The van der Waals surface area contributed by atoms with Gasteiger partial charge in [0.15, 0.2) is 0 Å². The summed E-state index contributed by atoms with van der Waals surface area (Å²) in [5.74, 6) is 0. The van der Waals surface area contributed by atoms with E-state index in [1.54, 1.807) is 0 Å². The van der Waals surface area contributed by atoms with Gasteiger partial charge in [-0.3, -0.25) is 0 Å². The van der Waals surface area contributed by atoms with Crippen LogP contribution in [0, 0.1) is 0 Å². The Balaban J connectivity index is 2.59. The molecule has 0 amide bonds. The van der Waals surface area contributed by atoms with Crippen molar-refractivity contribution in [2.24, 2.45) is 0 Å². The van der Waals surface area contributed by atoms with Gasteiger partial charge in [0.05, 0.1) is 11.7 Å². The highest BCUT2D eigenvalue weighted by Gasteiger charge is 2.27. The van der Waals surface area contributed by atoms with Crippen molar-refractivity contribution in [3.8, 4) is 0 Å². The van der Waals surface area contributed by atoms with Gasteiger partial charge >= 0.3 is 0 Å². The summed E-state index contributed by atoms with van der Waals surface area (Å²) in [6, 6.07) is 0. The van der Waals surface area contributed by atoms with Gasteiger partial charge in [-0.2, -0.15) is 0 Å². The third kappa shape index (κ3) is 1.84. The maximum atomic E-state index is 5.68. The Kier molecular flexibility index (Phi) is 1.86. The summed E-state index contributed by atoms with van der Waals surface area (Å²) in [5.41, 5.74) is 1.35. The molecular weight excluding hydrogens is 124 g/mol. The Labute approximate surface area is 63.1 Å². The van der Waals surface area contributed by atoms with Gasteiger partial charge in [-0.1, -0.05) is 12.2 Å². The van der Waals surface area contributed by atoms with E-state index in [2.05, 4.69) is 27.4 Å². The lowest BCUT2D eigenvalue weighted by Crippen LogP contribution is -2.34. The Morgan fingerprint density at radius 2 is 2.20 bits per heavy atom. The van der Waals surface area contributed by atoms with Gasteiger partial charge < -0.3 is 4.74 Å². The van der Waals surface area contributed by atoms with Crippen LogP contribution in [0.1, 0.15) is 33.6 Å². The molecule has 1 heteroatoms. The topological polar surface area (TPSA) is 9.23 Å². The summed E-state index contributed by atoms with van der Waals surface area (Å²) in [6.45, 7) is 10.3. The molecule has 1 atom stereocenters. The number of ether oxygens (including phenoxy) is 1. The minimum Gasteiger partial charge on any atom is -0.372 e. The standard InChI is InChI=1S/C9H16O/c1-7-5-8(2)10-9(3,4)6-7/h8H,1,5-6H2,2-4H3. The van der Waals surface area contributed by atoms with Crippen LogP contribution in [0.5, 0.6) is 0 Å². The Bertz CT molecular complexity index is 147. The first-order valence-electron chi connectivity index (χ1n) is 3.84. The van der Waals surface area contributed by atoms with E-state index in [4.69, 9.17) is 4.74 Å². The number of rotatable bonds is 0. The van der Waals surface area contributed by atoms with Crippen LogP contribution in [-0.4, -0.2) is 11.7 Å². The predicted octanol–water partition coefficient (Wildman–Crippen LogP) is 2.52. The highest BCUT2D eigenvalue weighted by Crippen LogP contribution is 2.30. The van der Waals surface area contributed by atoms with Crippen molar-refractivity contribution in [3.63, 3.8) is 0 Å². The summed E-state index contributed by atoms with van der Waals surface area (Å²) < 4.78 is 5.68. The molecule has 0 aliphatic carbocycles. The molecule has 10 heavy (non-hydrogen) atoms. The van der Waals surface area contributed by atoms with Gasteiger partial charge in [-0.25, -0.2) is 0 Å². The zero-order valence-corrected chi connectivity index (χ0v) is 7.11. The van der Waals surface area contributed by atoms with Crippen molar-refractivity contribution in [3.05, 3.63) is 12.2 Å². The van der Waals surface area contributed by atoms with Gasteiger partial charge in [0.1, 0.15) is 0 Å². The fraction of sp³-hybridized carbons (Fsp3) is 0.778. The van der Waals surface area contributed by atoms with Crippen LogP contribution in [0.2, 0.25) is 0 Å². The second-order valence-corrected chi connectivity index (χ2v) is 3.82. The van der Waals surface area contributed by atoms with Crippen molar-refractivity contribution in [1.29, 1.82) is 0 Å². The molecule has 0 N–H and O–H groups in total. The van der Waals surface area contributed by atoms with Crippen molar-refractivity contribution in [2.45, 2.75) is 45.3 Å². The van der Waals surface area contributed by atoms with E-state index in [1.165, 1.54) is 5.57 Å². The second kappa shape index (κ2) is 2.39. The molecule has 1 fully saturated rings. The highest BCUT2D eigenvalue weighted by molar-refractivity contribution is 5.04. The van der Waals surface area contributed by atoms with Crippen LogP contribution in [0.4, 0.5) is 0 Å². The molecule has 0 bridgehead atoms. The monoisotopic (exact) mass is 140 g/mol. The molecule has 0 radical (unpaired) electrons. The van der Waals surface area contributed by atoms with Crippen molar-refractivity contribution >= 4 is 0 Å². The van der Waals surface area contributed by atoms with Crippen LogP contribution in [0.25, 0.3) is 0 Å². The van der Waals surface area contributed by atoms with Crippen LogP contribution in [0.15, 0.2) is 12.2 Å². The molecule has 1 heterocycles. The lowest BCUT2D eigenvalue weighted by molar-refractivity contribution is -0.0805. The quantitative estimate of drug-likeness (QED) is 0.470. The zero-order chi connectivity index (χ0) is 7.78. The normalized spacial score (nSPS) is 32.3. The molecule has 1 unspecified atom stereocenters. The highest BCUT2D eigenvalue weighted by atomic mass is 16.5. The first-order valence-corrected chi connectivity index (χ1v) is 3.84. The molecule has 0 aromatic heterocycles. The first kappa shape index (κ1) is 7.80. The Morgan fingerprint density at radius 1 is 1.60 bits per heavy atom. The summed E-state index contributed by atoms with van der Waals surface area (Å²) >= 11 is 0. The fourth-order valence-corrected chi connectivity index (χ4v) is 1.71. The van der Waals surface area contributed by atoms with E-state index >= 15 is 0 Å². The first-order chi connectivity index (χ1) is 4.49. The molecule has 1 aliphatic rings. The van der Waals surface area contributed by atoms with Gasteiger partial charge in [0.25, 0.3) is 0 Å². The smallest absolute Gasteiger partial charge is 0.0667 e. The summed E-state index contributed by atoms with van der Waals surface area (Å²) in [5, 5.41) is 0. The van der Waals surface area contributed by atoms with Crippen LogP contribution < -0.4 is 0 Å². The lowest BCUT2D eigenvalue weighted by atomic mass is 9.92. The third-order valence-electron chi connectivity index (χ3n) is 1.77. The predicted molar refractivity (Wildman–Crippen MR) is 43.0 cm³/mol. The number of hydrogen-bond donors (Lipinski definition) is 0. The Morgan fingerprint density at radius 3 is 2.60 bits per heavy atom. The summed E-state index contributed by atoms with van der Waals surface area (Å²) in [7, 11) is 0. The second-order valence-electron chi connectivity index (χ2n) is 3.82. The average Bonchev–Trinajstić information content (AvgIpc) is 1.54. The molecule has 0 spiro atoms. The van der Waals surface area contributed by atoms with E-state index in [1.807, 2.05) is 0 Å². The van der Waals surface area contributed by atoms with Crippen molar-refractivity contribution < 1.29 is 4.74 Å². The molecule has 58 valence electrons. The molecule has 1 aliphatic heterocycles. The molecule has 1 rings (SSSR count).